The quantitative estimate of drug-likeness (QED) is 0.237. The summed E-state index contributed by atoms with van der Waals surface area (Å²) < 4.78 is 16.4. The van der Waals surface area contributed by atoms with Crippen molar-refractivity contribution in [3.05, 3.63) is 77.3 Å². The molecule has 5 rings (SSSR count). The van der Waals surface area contributed by atoms with E-state index in [-0.39, 0.29) is 23.4 Å². The molecule has 0 radical (unpaired) electrons. The maximum atomic E-state index is 13.2. The predicted octanol–water partition coefficient (Wildman–Crippen LogP) is 5.51. The van der Waals surface area contributed by atoms with E-state index in [4.69, 9.17) is 25.8 Å². The second kappa shape index (κ2) is 12.5. The monoisotopic (exact) mass is 607 g/mol. The number of hydrazine groups is 1. The fraction of sp³-hybridized carbons (Fsp3) is 0.172. The van der Waals surface area contributed by atoms with E-state index < -0.39 is 11.4 Å². The Balaban J connectivity index is 1.49. The molecule has 0 spiro atoms. The highest BCUT2D eigenvalue weighted by Crippen LogP contribution is 2.42. The van der Waals surface area contributed by atoms with Crippen molar-refractivity contribution >= 4 is 41.2 Å². The van der Waals surface area contributed by atoms with Crippen molar-refractivity contribution in [1.82, 2.24) is 20.4 Å². The fourth-order valence-corrected chi connectivity index (χ4v) is 5.62. The number of aromatic hydroxyl groups is 1. The Morgan fingerprint density at radius 1 is 0.952 bits per heavy atom. The number of anilines is 1. The van der Waals surface area contributed by atoms with E-state index >= 15 is 0 Å². The van der Waals surface area contributed by atoms with Crippen LogP contribution in [0.3, 0.4) is 0 Å². The summed E-state index contributed by atoms with van der Waals surface area (Å²) in [6.45, 7) is 0. The summed E-state index contributed by atoms with van der Waals surface area (Å²) in [5.74, 6) is 1.07. The van der Waals surface area contributed by atoms with Crippen molar-refractivity contribution < 1.29 is 28.9 Å². The zero-order chi connectivity index (χ0) is 29.8. The lowest BCUT2D eigenvalue weighted by Crippen LogP contribution is -2.46. The minimum absolute atomic E-state index is 0.0193. The number of ether oxygens (including phenoxy) is 3. The predicted molar refractivity (Wildman–Crippen MR) is 160 cm³/mol. The third kappa shape index (κ3) is 5.99. The number of aromatic nitrogens is 2. The number of para-hydroxylation sites is 1. The largest absolute Gasteiger partial charge is 0.508 e. The number of benzene rings is 3. The molecule has 1 atom stereocenters. The van der Waals surface area contributed by atoms with Gasteiger partial charge in [-0.15, -0.1) is 11.8 Å². The molecular weight excluding hydrogens is 582 g/mol. The van der Waals surface area contributed by atoms with Crippen LogP contribution in [-0.2, 0) is 4.79 Å². The Kier molecular flexibility index (Phi) is 8.55. The van der Waals surface area contributed by atoms with E-state index in [1.807, 2.05) is 0 Å². The topological polar surface area (TPSA) is 135 Å². The van der Waals surface area contributed by atoms with Crippen molar-refractivity contribution in [3.63, 3.8) is 0 Å². The van der Waals surface area contributed by atoms with Gasteiger partial charge in [-0.3, -0.25) is 10.1 Å². The third-order valence-corrected chi connectivity index (χ3v) is 7.79. The number of rotatable bonds is 8. The van der Waals surface area contributed by atoms with Crippen LogP contribution in [0.1, 0.15) is 10.9 Å². The van der Waals surface area contributed by atoms with Gasteiger partial charge in [0.15, 0.2) is 11.5 Å². The average molecular weight is 608 g/mol. The van der Waals surface area contributed by atoms with Crippen molar-refractivity contribution in [2.24, 2.45) is 0 Å². The van der Waals surface area contributed by atoms with Gasteiger partial charge in [-0.25, -0.2) is 25.2 Å². The molecule has 1 saturated heterocycles. The highest BCUT2D eigenvalue weighted by Gasteiger charge is 2.36. The molecule has 1 aromatic heterocycles. The maximum absolute atomic E-state index is 13.2. The van der Waals surface area contributed by atoms with Gasteiger partial charge >= 0.3 is 6.03 Å². The smallest absolute Gasteiger partial charge is 0.340 e. The van der Waals surface area contributed by atoms with Crippen LogP contribution in [-0.4, -0.2) is 59.1 Å². The van der Waals surface area contributed by atoms with E-state index in [1.165, 1.54) is 44.2 Å². The van der Waals surface area contributed by atoms with Crippen LogP contribution in [0.5, 0.6) is 23.0 Å². The summed E-state index contributed by atoms with van der Waals surface area (Å²) in [6, 6.07) is 18.2. The van der Waals surface area contributed by atoms with Crippen LogP contribution in [0.2, 0.25) is 5.02 Å². The maximum Gasteiger partial charge on any atom is 0.340 e. The average Bonchev–Trinajstić information content (AvgIpc) is 3.35. The lowest BCUT2D eigenvalue weighted by atomic mass is 10.1. The molecule has 216 valence electrons. The molecule has 2 heterocycles. The number of carbonyl (C=O) groups excluding carboxylic acids is 2. The lowest BCUT2D eigenvalue weighted by Gasteiger charge is -2.25. The van der Waals surface area contributed by atoms with E-state index in [2.05, 4.69) is 20.7 Å². The summed E-state index contributed by atoms with van der Waals surface area (Å²) >= 11 is 7.38. The number of carbonyl (C=O) groups is 2. The van der Waals surface area contributed by atoms with Crippen LogP contribution in [0.4, 0.5) is 10.7 Å². The first-order valence-corrected chi connectivity index (χ1v) is 14.0. The number of amides is 3. The Morgan fingerprint density at radius 3 is 2.21 bits per heavy atom. The summed E-state index contributed by atoms with van der Waals surface area (Å²) in [5, 5.41) is 14.1. The Bertz CT molecular complexity index is 1610. The van der Waals surface area contributed by atoms with Crippen molar-refractivity contribution in [2.45, 2.75) is 5.37 Å². The molecule has 42 heavy (non-hydrogen) atoms. The zero-order valence-corrected chi connectivity index (χ0v) is 24.3. The molecule has 1 unspecified atom stereocenters. The minimum Gasteiger partial charge on any atom is -0.508 e. The lowest BCUT2D eigenvalue weighted by molar-refractivity contribution is -0.130. The van der Waals surface area contributed by atoms with Gasteiger partial charge < -0.3 is 19.3 Å². The van der Waals surface area contributed by atoms with Crippen molar-refractivity contribution in [3.8, 4) is 45.5 Å². The van der Waals surface area contributed by atoms with Crippen LogP contribution in [0.25, 0.3) is 22.5 Å². The molecule has 4 aromatic rings. The number of nitrogens with zero attached hydrogens (tertiary/aromatic N) is 3. The van der Waals surface area contributed by atoms with Crippen LogP contribution in [0.15, 0.2) is 66.7 Å². The molecule has 11 nitrogen and oxygen atoms in total. The molecule has 1 aliphatic heterocycles. The molecule has 3 amide bonds. The number of methoxy groups -OCH3 is 3. The molecule has 1 aliphatic rings. The SMILES string of the molecule is COc1cc(-c2cc(-c3ccc(Cl)cc3)nc(NC(=O)NN3C(=O)CSC3c3ccccc3O)n2)cc(OC)c1OC. The number of nitrogens with one attached hydrogen (secondary N) is 2. The molecule has 0 bridgehead atoms. The number of thioether (sulfide) groups is 1. The summed E-state index contributed by atoms with van der Waals surface area (Å²) in [5.41, 5.74) is 5.36. The number of phenolic OH excluding ortho intramolecular Hbond substituents is 1. The first-order chi connectivity index (χ1) is 20.3. The number of hydrogen-bond acceptors (Lipinski definition) is 9. The number of urea groups is 1. The molecule has 3 aromatic carbocycles. The Morgan fingerprint density at radius 2 is 1.60 bits per heavy atom. The number of phenols is 1. The fourth-order valence-electron chi connectivity index (χ4n) is 4.36. The summed E-state index contributed by atoms with van der Waals surface area (Å²) in [4.78, 5) is 34.9. The van der Waals surface area contributed by atoms with Gasteiger partial charge in [0.25, 0.3) is 5.91 Å². The normalized spacial score (nSPS) is 14.4. The Labute approximate surface area is 250 Å². The van der Waals surface area contributed by atoms with E-state index in [0.29, 0.717) is 44.8 Å². The molecule has 0 aliphatic carbocycles. The van der Waals surface area contributed by atoms with Gasteiger partial charge in [0.1, 0.15) is 11.1 Å². The van der Waals surface area contributed by atoms with Gasteiger partial charge in [-0.1, -0.05) is 41.9 Å². The molecular formula is C29H26ClN5O6S. The van der Waals surface area contributed by atoms with Crippen LogP contribution >= 0.6 is 23.4 Å². The van der Waals surface area contributed by atoms with E-state index in [0.717, 1.165) is 5.56 Å². The van der Waals surface area contributed by atoms with Gasteiger partial charge in [0.2, 0.25) is 11.7 Å². The van der Waals surface area contributed by atoms with Crippen molar-refractivity contribution in [1.29, 1.82) is 0 Å². The van der Waals surface area contributed by atoms with Gasteiger partial charge in [0.05, 0.1) is 38.5 Å². The van der Waals surface area contributed by atoms with Crippen molar-refractivity contribution in [2.75, 3.05) is 32.4 Å². The van der Waals surface area contributed by atoms with Gasteiger partial charge in [0, 0.05) is 21.7 Å². The second-order valence-corrected chi connectivity index (χ2v) is 10.4. The van der Waals surface area contributed by atoms with Gasteiger partial charge in [-0.05, 0) is 36.4 Å². The summed E-state index contributed by atoms with van der Waals surface area (Å²) in [7, 11) is 4.53. The van der Waals surface area contributed by atoms with Crippen LogP contribution in [0, 0.1) is 0 Å². The number of hydrogen-bond donors (Lipinski definition) is 3. The first kappa shape index (κ1) is 28.8. The molecule has 0 saturated carbocycles. The molecule has 13 heteroatoms. The zero-order valence-electron chi connectivity index (χ0n) is 22.8. The van der Waals surface area contributed by atoms with E-state index in [1.54, 1.807) is 60.7 Å². The highest BCUT2D eigenvalue weighted by atomic mass is 35.5. The minimum atomic E-state index is -0.740. The third-order valence-electron chi connectivity index (χ3n) is 6.34. The number of halogens is 1. The highest BCUT2D eigenvalue weighted by molar-refractivity contribution is 8.00. The standard InChI is InChI=1S/C29H26ClN5O6S/c1-39-23-12-17(13-24(40-2)26(23)41-3)21-14-20(16-8-10-18(30)11-9-16)31-28(32-21)33-29(38)34-35-25(37)15-42-27(35)19-6-4-5-7-22(19)36/h4-14,27,36H,15H2,1-3H3,(H2,31,32,33,34,38). The van der Waals surface area contributed by atoms with Crippen LogP contribution < -0.4 is 25.0 Å². The first-order valence-electron chi connectivity index (χ1n) is 12.6. The van der Waals surface area contributed by atoms with Gasteiger partial charge in [-0.2, -0.15) is 0 Å². The molecule has 1 fully saturated rings. The Hall–Kier alpha value is -4.68. The van der Waals surface area contributed by atoms with E-state index in [9.17, 15) is 14.7 Å². The second-order valence-electron chi connectivity index (χ2n) is 8.93. The molecule has 3 N–H and O–H groups in total. The summed E-state index contributed by atoms with van der Waals surface area (Å²) in [6.07, 6.45) is 0.